The van der Waals surface area contributed by atoms with Gasteiger partial charge in [-0.3, -0.25) is 4.84 Å². The Bertz CT molecular complexity index is 1250. The van der Waals surface area contributed by atoms with Crippen LogP contribution in [-0.4, -0.2) is 49.6 Å². The Labute approximate surface area is 185 Å². The zero-order valence-electron chi connectivity index (χ0n) is 17.2. The molecule has 3 heterocycles. The largest absolute Gasteiger partial charge is 0.490 e. The number of alkyl halides is 3. The predicted octanol–water partition coefficient (Wildman–Crippen LogP) is 2.83. The molecule has 0 saturated carbocycles. The number of nitrogens with two attached hydrogens (primary N) is 1. The minimum atomic E-state index is -5.08. The number of halogens is 3. The molecule has 0 spiro atoms. The van der Waals surface area contributed by atoms with E-state index in [1.54, 1.807) is 16.9 Å². The Morgan fingerprint density at radius 2 is 2.00 bits per heavy atom. The van der Waals surface area contributed by atoms with Crippen LogP contribution in [0.2, 0.25) is 0 Å². The summed E-state index contributed by atoms with van der Waals surface area (Å²) in [5.41, 5.74) is 9.73. The summed E-state index contributed by atoms with van der Waals surface area (Å²) in [7, 11) is 0. The van der Waals surface area contributed by atoms with Crippen LogP contribution in [0.15, 0.2) is 42.7 Å². The number of fused-ring (bicyclic) bond motifs is 1. The molecule has 172 valence electrons. The Balaban J connectivity index is 0.000000383. The molecule has 12 heteroatoms. The average Bonchev–Trinajstić information content (AvgIpc) is 3.40. The standard InChI is InChI=1S/C19H17N5O2.C2HF3O2/c1-13-4-5-15(17-8-10-26-24(17)19(20)25)11-14(13)6-7-16-12-21-18-3-2-9-22-23(16)18;3-2(4,5)1(6)7/h2-5,9,11-12,17H,8,10H2,1H3,(H2,20,25);(H,6,7). The molecule has 2 amide bonds. The molecule has 1 unspecified atom stereocenters. The van der Waals surface area contributed by atoms with E-state index in [0.717, 1.165) is 22.3 Å². The molecule has 1 fully saturated rings. The molecule has 9 nitrogen and oxygen atoms in total. The fraction of sp³-hybridized carbons (Fsp3) is 0.238. The molecule has 3 N–H and O–H groups in total. The highest BCUT2D eigenvalue weighted by Gasteiger charge is 2.38. The fourth-order valence-corrected chi connectivity index (χ4v) is 3.02. The number of aryl methyl sites for hydroxylation is 1. The first-order valence-electron chi connectivity index (χ1n) is 9.51. The average molecular weight is 461 g/mol. The van der Waals surface area contributed by atoms with Gasteiger partial charge in [-0.05, 0) is 42.2 Å². The van der Waals surface area contributed by atoms with Gasteiger partial charge in [-0.15, -0.1) is 0 Å². The quantitative estimate of drug-likeness (QED) is 0.538. The number of hydroxylamine groups is 2. The van der Waals surface area contributed by atoms with Crippen LogP contribution in [0, 0.1) is 18.8 Å². The lowest BCUT2D eigenvalue weighted by Gasteiger charge is -2.21. The number of hydrogen-bond donors (Lipinski definition) is 2. The lowest BCUT2D eigenvalue weighted by molar-refractivity contribution is -0.192. The van der Waals surface area contributed by atoms with Crippen molar-refractivity contribution in [2.75, 3.05) is 6.61 Å². The Hall–Kier alpha value is -4.11. The van der Waals surface area contributed by atoms with E-state index in [-0.39, 0.29) is 6.04 Å². The van der Waals surface area contributed by atoms with Crippen LogP contribution in [0.5, 0.6) is 0 Å². The molecule has 1 atom stereocenters. The predicted molar refractivity (Wildman–Crippen MR) is 109 cm³/mol. The van der Waals surface area contributed by atoms with Crippen LogP contribution >= 0.6 is 0 Å². The first-order valence-corrected chi connectivity index (χ1v) is 9.51. The summed E-state index contributed by atoms with van der Waals surface area (Å²) < 4.78 is 33.4. The van der Waals surface area contributed by atoms with Crippen molar-refractivity contribution in [3.8, 4) is 11.8 Å². The Morgan fingerprint density at radius 1 is 1.27 bits per heavy atom. The van der Waals surface area contributed by atoms with Gasteiger partial charge in [0.05, 0.1) is 18.8 Å². The molecule has 4 rings (SSSR count). The van der Waals surface area contributed by atoms with E-state index in [9.17, 15) is 18.0 Å². The van der Waals surface area contributed by atoms with Crippen molar-refractivity contribution >= 4 is 17.6 Å². The van der Waals surface area contributed by atoms with Crippen LogP contribution in [0.25, 0.3) is 5.65 Å². The van der Waals surface area contributed by atoms with E-state index in [1.165, 1.54) is 5.06 Å². The molecular formula is C21H18F3N5O4. The van der Waals surface area contributed by atoms with Crippen molar-refractivity contribution in [2.24, 2.45) is 5.73 Å². The summed E-state index contributed by atoms with van der Waals surface area (Å²) in [5, 5.41) is 12.6. The van der Waals surface area contributed by atoms with Gasteiger partial charge in [0.15, 0.2) is 5.65 Å². The van der Waals surface area contributed by atoms with Gasteiger partial charge in [0, 0.05) is 18.2 Å². The first kappa shape index (κ1) is 23.6. The third-order valence-electron chi connectivity index (χ3n) is 4.61. The van der Waals surface area contributed by atoms with E-state index < -0.39 is 18.2 Å². The van der Waals surface area contributed by atoms with E-state index in [2.05, 4.69) is 21.9 Å². The SMILES string of the molecule is Cc1ccc(C2CCON2C(N)=O)cc1C#Cc1cnc2cccnn12.O=C(O)C(F)(F)F. The summed E-state index contributed by atoms with van der Waals surface area (Å²) >= 11 is 0. The molecule has 0 bridgehead atoms. The number of nitrogens with zero attached hydrogens (tertiary/aromatic N) is 4. The summed E-state index contributed by atoms with van der Waals surface area (Å²) in [5.74, 6) is 3.56. The molecule has 1 saturated heterocycles. The zero-order valence-corrected chi connectivity index (χ0v) is 17.2. The molecule has 1 aliphatic heterocycles. The number of primary amides is 1. The van der Waals surface area contributed by atoms with Gasteiger partial charge in [0.25, 0.3) is 0 Å². The molecule has 2 aromatic heterocycles. The maximum absolute atomic E-state index is 11.5. The van der Waals surface area contributed by atoms with Crippen LogP contribution in [-0.2, 0) is 9.63 Å². The maximum atomic E-state index is 11.5. The summed E-state index contributed by atoms with van der Waals surface area (Å²) in [6.07, 6.45) is -0.978. The van der Waals surface area contributed by atoms with Gasteiger partial charge >= 0.3 is 18.2 Å². The smallest absolute Gasteiger partial charge is 0.475 e. The van der Waals surface area contributed by atoms with Crippen LogP contribution in [0.4, 0.5) is 18.0 Å². The number of carbonyl (C=O) groups is 2. The van der Waals surface area contributed by atoms with Gasteiger partial charge in [-0.1, -0.05) is 18.1 Å². The lowest BCUT2D eigenvalue weighted by atomic mass is 9.99. The molecule has 1 aromatic carbocycles. The van der Waals surface area contributed by atoms with Crippen molar-refractivity contribution in [2.45, 2.75) is 25.6 Å². The Kier molecular flexibility index (Phi) is 6.83. The van der Waals surface area contributed by atoms with Crippen LogP contribution < -0.4 is 5.73 Å². The second kappa shape index (κ2) is 9.58. The number of rotatable bonds is 1. The van der Waals surface area contributed by atoms with Crippen LogP contribution in [0.3, 0.4) is 0 Å². The van der Waals surface area contributed by atoms with E-state index in [4.69, 9.17) is 20.5 Å². The van der Waals surface area contributed by atoms with Crippen LogP contribution in [0.1, 0.15) is 34.8 Å². The van der Waals surface area contributed by atoms with Crippen molar-refractivity contribution in [3.63, 3.8) is 0 Å². The number of carboxylic acid groups (broad SMARTS) is 1. The molecule has 1 aliphatic rings. The monoisotopic (exact) mass is 461 g/mol. The third-order valence-corrected chi connectivity index (χ3v) is 4.61. The minimum Gasteiger partial charge on any atom is -0.475 e. The molecular weight excluding hydrogens is 443 g/mol. The summed E-state index contributed by atoms with van der Waals surface area (Å²) in [6, 6.07) is 8.89. The number of imidazole rings is 1. The van der Waals surface area contributed by atoms with E-state index >= 15 is 0 Å². The number of aliphatic carboxylic acids is 1. The highest BCUT2D eigenvalue weighted by molar-refractivity contribution is 5.73. The summed E-state index contributed by atoms with van der Waals surface area (Å²) in [4.78, 5) is 30.0. The van der Waals surface area contributed by atoms with Gasteiger partial charge < -0.3 is 10.8 Å². The number of benzene rings is 1. The number of carboxylic acids is 1. The number of urea groups is 1. The van der Waals surface area contributed by atoms with E-state index in [0.29, 0.717) is 18.7 Å². The van der Waals surface area contributed by atoms with Gasteiger partial charge in [0.1, 0.15) is 5.69 Å². The topological polar surface area (TPSA) is 123 Å². The van der Waals surface area contributed by atoms with Gasteiger partial charge in [-0.25, -0.2) is 19.1 Å². The van der Waals surface area contributed by atoms with Crippen molar-refractivity contribution in [1.29, 1.82) is 0 Å². The Morgan fingerprint density at radius 3 is 2.67 bits per heavy atom. The van der Waals surface area contributed by atoms with Crippen molar-refractivity contribution in [3.05, 3.63) is 65.1 Å². The fourth-order valence-electron chi connectivity index (χ4n) is 3.02. The zero-order chi connectivity index (χ0) is 24.2. The molecule has 33 heavy (non-hydrogen) atoms. The number of amides is 2. The highest BCUT2D eigenvalue weighted by atomic mass is 19.4. The molecule has 3 aromatic rings. The van der Waals surface area contributed by atoms with Crippen molar-refractivity contribution in [1.82, 2.24) is 19.7 Å². The highest BCUT2D eigenvalue weighted by Crippen LogP contribution is 2.30. The maximum Gasteiger partial charge on any atom is 0.490 e. The second-order valence-corrected chi connectivity index (χ2v) is 6.87. The normalized spacial score (nSPS) is 15.4. The molecule has 0 radical (unpaired) electrons. The first-order chi connectivity index (χ1) is 15.6. The molecule has 0 aliphatic carbocycles. The summed E-state index contributed by atoms with van der Waals surface area (Å²) in [6.45, 7) is 2.47. The van der Waals surface area contributed by atoms with Gasteiger partial charge in [0.2, 0.25) is 0 Å². The number of aromatic nitrogens is 3. The van der Waals surface area contributed by atoms with Crippen molar-refractivity contribution < 1.29 is 32.7 Å². The number of hydrogen-bond acceptors (Lipinski definition) is 5. The lowest BCUT2D eigenvalue weighted by Crippen LogP contribution is -2.34. The van der Waals surface area contributed by atoms with E-state index in [1.807, 2.05) is 37.3 Å². The second-order valence-electron chi connectivity index (χ2n) is 6.87. The number of carbonyl (C=O) groups excluding carboxylic acids is 1. The van der Waals surface area contributed by atoms with Gasteiger partial charge in [-0.2, -0.15) is 23.3 Å². The minimum absolute atomic E-state index is 0.189. The third kappa shape index (κ3) is 5.58.